The minimum atomic E-state index is -0.0451. The molecule has 1 aromatic rings. The van der Waals surface area contributed by atoms with Gasteiger partial charge >= 0.3 is 0 Å². The van der Waals surface area contributed by atoms with Gasteiger partial charge in [0.05, 0.1) is 5.92 Å². The van der Waals surface area contributed by atoms with Crippen LogP contribution in [0.2, 0.25) is 0 Å². The van der Waals surface area contributed by atoms with Crippen LogP contribution in [0, 0.1) is 11.8 Å². The maximum Gasteiger partial charge on any atom is 0.226 e. The summed E-state index contributed by atoms with van der Waals surface area (Å²) in [5.74, 6) is 0.434. The molecule has 6 nitrogen and oxygen atoms in total. The Morgan fingerprint density at radius 3 is 2.83 bits per heavy atom. The Kier molecular flexibility index (Phi) is 5.48. The Hall–Kier alpha value is -1.92. The first-order valence-electron chi connectivity index (χ1n) is 8.71. The molecule has 130 valence electrons. The standard InChI is InChI=1S/C18H26N4O2/c1-13-16(11-20-21-13)18(24)19-10-15-9-17(23)22(12-15)8-7-14-5-3-2-4-6-14/h2-6,13,15-16,20-21H,7-12H2,1H3,(H,19,24). The van der Waals surface area contributed by atoms with E-state index in [1.54, 1.807) is 0 Å². The number of hydrogen-bond acceptors (Lipinski definition) is 4. The molecule has 0 aliphatic carbocycles. The van der Waals surface area contributed by atoms with Crippen LogP contribution in [0.15, 0.2) is 30.3 Å². The summed E-state index contributed by atoms with van der Waals surface area (Å²) in [5, 5.41) is 3.01. The van der Waals surface area contributed by atoms with E-state index in [1.807, 2.05) is 30.0 Å². The Morgan fingerprint density at radius 1 is 1.33 bits per heavy atom. The molecule has 6 heteroatoms. The van der Waals surface area contributed by atoms with Gasteiger partial charge in [-0.3, -0.25) is 20.4 Å². The highest BCUT2D eigenvalue weighted by Crippen LogP contribution is 2.18. The first-order valence-corrected chi connectivity index (χ1v) is 8.71. The van der Waals surface area contributed by atoms with E-state index >= 15 is 0 Å². The Balaban J connectivity index is 1.42. The average molecular weight is 330 g/mol. The summed E-state index contributed by atoms with van der Waals surface area (Å²) in [6.07, 6.45) is 1.41. The second kappa shape index (κ2) is 7.77. The van der Waals surface area contributed by atoms with Gasteiger partial charge < -0.3 is 10.2 Å². The molecule has 3 atom stereocenters. The monoisotopic (exact) mass is 330 g/mol. The number of carbonyl (C=O) groups excluding carboxylic acids is 2. The van der Waals surface area contributed by atoms with Gasteiger partial charge in [0.15, 0.2) is 0 Å². The van der Waals surface area contributed by atoms with Gasteiger partial charge in [0.25, 0.3) is 0 Å². The van der Waals surface area contributed by atoms with E-state index in [-0.39, 0.29) is 29.7 Å². The zero-order chi connectivity index (χ0) is 16.9. The maximum absolute atomic E-state index is 12.2. The molecule has 2 aliphatic rings. The maximum atomic E-state index is 12.2. The van der Waals surface area contributed by atoms with Crippen molar-refractivity contribution in [1.29, 1.82) is 0 Å². The fraction of sp³-hybridized carbons (Fsp3) is 0.556. The lowest BCUT2D eigenvalue weighted by Gasteiger charge is -2.18. The zero-order valence-corrected chi connectivity index (χ0v) is 14.1. The molecule has 3 N–H and O–H groups in total. The fourth-order valence-corrected chi connectivity index (χ4v) is 3.42. The molecule has 0 saturated carbocycles. The minimum absolute atomic E-state index is 0.0451. The van der Waals surface area contributed by atoms with Crippen LogP contribution in [0.3, 0.4) is 0 Å². The molecular formula is C18H26N4O2. The molecule has 24 heavy (non-hydrogen) atoms. The summed E-state index contributed by atoms with van der Waals surface area (Å²) in [7, 11) is 0. The minimum Gasteiger partial charge on any atom is -0.355 e. The van der Waals surface area contributed by atoms with Gasteiger partial charge in [-0.05, 0) is 18.9 Å². The van der Waals surface area contributed by atoms with Crippen LogP contribution in [-0.4, -0.2) is 48.9 Å². The van der Waals surface area contributed by atoms with Gasteiger partial charge in [-0.15, -0.1) is 0 Å². The average Bonchev–Trinajstić information content (AvgIpc) is 3.17. The normalized spacial score (nSPS) is 26.8. The molecule has 2 fully saturated rings. The largest absolute Gasteiger partial charge is 0.355 e. The van der Waals surface area contributed by atoms with Crippen molar-refractivity contribution in [3.8, 4) is 0 Å². The van der Waals surface area contributed by atoms with Crippen molar-refractivity contribution in [3.05, 3.63) is 35.9 Å². The molecule has 2 heterocycles. The summed E-state index contributed by atoms with van der Waals surface area (Å²) in [5.41, 5.74) is 7.30. The molecule has 3 rings (SSSR count). The summed E-state index contributed by atoms with van der Waals surface area (Å²) >= 11 is 0. The number of likely N-dealkylation sites (tertiary alicyclic amines) is 1. The molecule has 0 spiro atoms. The molecule has 0 bridgehead atoms. The molecular weight excluding hydrogens is 304 g/mol. The van der Waals surface area contributed by atoms with Crippen molar-refractivity contribution in [2.75, 3.05) is 26.2 Å². The Bertz CT molecular complexity index is 578. The van der Waals surface area contributed by atoms with Crippen molar-refractivity contribution >= 4 is 11.8 Å². The lowest BCUT2D eigenvalue weighted by molar-refractivity contribution is -0.128. The second-order valence-corrected chi connectivity index (χ2v) is 6.81. The van der Waals surface area contributed by atoms with Gasteiger partial charge in [-0.25, -0.2) is 0 Å². The van der Waals surface area contributed by atoms with Crippen LogP contribution in [0.4, 0.5) is 0 Å². The van der Waals surface area contributed by atoms with Crippen LogP contribution < -0.4 is 16.2 Å². The molecule has 0 radical (unpaired) electrons. The highest BCUT2D eigenvalue weighted by molar-refractivity contribution is 5.81. The van der Waals surface area contributed by atoms with Crippen molar-refractivity contribution < 1.29 is 9.59 Å². The van der Waals surface area contributed by atoms with E-state index in [2.05, 4.69) is 28.3 Å². The van der Waals surface area contributed by atoms with Crippen molar-refractivity contribution in [1.82, 2.24) is 21.1 Å². The lowest BCUT2D eigenvalue weighted by Crippen LogP contribution is -2.40. The van der Waals surface area contributed by atoms with Crippen LogP contribution in [-0.2, 0) is 16.0 Å². The molecule has 1 aromatic carbocycles. The number of hydrogen-bond donors (Lipinski definition) is 3. The van der Waals surface area contributed by atoms with Crippen molar-refractivity contribution in [2.45, 2.75) is 25.8 Å². The summed E-state index contributed by atoms with van der Waals surface area (Å²) in [6, 6.07) is 10.4. The summed E-state index contributed by atoms with van der Waals surface area (Å²) in [4.78, 5) is 26.3. The molecule has 2 amide bonds. The third-order valence-electron chi connectivity index (χ3n) is 4.96. The fourth-order valence-electron chi connectivity index (χ4n) is 3.42. The van der Waals surface area contributed by atoms with Crippen molar-refractivity contribution in [2.24, 2.45) is 11.8 Å². The first kappa shape index (κ1) is 16.9. The van der Waals surface area contributed by atoms with Crippen LogP contribution in [0.25, 0.3) is 0 Å². The third kappa shape index (κ3) is 4.13. The first-order chi connectivity index (χ1) is 11.6. The topological polar surface area (TPSA) is 73.5 Å². The van der Waals surface area contributed by atoms with E-state index in [0.717, 1.165) is 19.5 Å². The van der Waals surface area contributed by atoms with Gasteiger partial charge in [0.2, 0.25) is 11.8 Å². The summed E-state index contributed by atoms with van der Waals surface area (Å²) in [6.45, 7) is 4.72. The van der Waals surface area contributed by atoms with E-state index in [0.29, 0.717) is 19.5 Å². The molecule has 0 aromatic heterocycles. The summed E-state index contributed by atoms with van der Waals surface area (Å²) < 4.78 is 0. The van der Waals surface area contributed by atoms with Crippen LogP contribution >= 0.6 is 0 Å². The quantitative estimate of drug-likeness (QED) is 0.702. The number of benzene rings is 1. The Morgan fingerprint density at radius 2 is 2.12 bits per heavy atom. The highest BCUT2D eigenvalue weighted by atomic mass is 16.2. The third-order valence-corrected chi connectivity index (χ3v) is 4.96. The zero-order valence-electron chi connectivity index (χ0n) is 14.1. The number of carbonyl (C=O) groups is 2. The molecule has 3 unspecified atom stereocenters. The van der Waals surface area contributed by atoms with E-state index in [1.165, 1.54) is 5.56 Å². The van der Waals surface area contributed by atoms with E-state index in [4.69, 9.17) is 0 Å². The van der Waals surface area contributed by atoms with Gasteiger partial charge in [0.1, 0.15) is 0 Å². The predicted octanol–water partition coefficient (Wildman–Crippen LogP) is 0.306. The van der Waals surface area contributed by atoms with Gasteiger partial charge in [-0.2, -0.15) is 0 Å². The van der Waals surface area contributed by atoms with E-state index < -0.39 is 0 Å². The van der Waals surface area contributed by atoms with Crippen LogP contribution in [0.5, 0.6) is 0 Å². The molecule has 2 saturated heterocycles. The van der Waals surface area contributed by atoms with Crippen LogP contribution in [0.1, 0.15) is 18.9 Å². The van der Waals surface area contributed by atoms with E-state index in [9.17, 15) is 9.59 Å². The predicted molar refractivity (Wildman–Crippen MR) is 91.9 cm³/mol. The lowest BCUT2D eigenvalue weighted by atomic mass is 10.0. The van der Waals surface area contributed by atoms with Gasteiger partial charge in [-0.1, -0.05) is 30.3 Å². The SMILES string of the molecule is CC1NNCC1C(=O)NCC1CC(=O)N(CCc2ccccc2)C1. The second-order valence-electron chi connectivity index (χ2n) is 6.81. The van der Waals surface area contributed by atoms with Crippen molar-refractivity contribution in [3.63, 3.8) is 0 Å². The number of amides is 2. The number of nitrogens with zero attached hydrogens (tertiary/aromatic N) is 1. The van der Waals surface area contributed by atoms with Gasteiger partial charge in [0, 0.05) is 44.6 Å². The molecule has 2 aliphatic heterocycles. The highest BCUT2D eigenvalue weighted by Gasteiger charge is 2.32. The Labute approximate surface area is 143 Å². The number of nitrogens with one attached hydrogen (secondary N) is 3. The number of rotatable bonds is 6. The number of hydrazine groups is 1. The smallest absolute Gasteiger partial charge is 0.226 e.